The van der Waals surface area contributed by atoms with Crippen molar-refractivity contribution in [3.8, 4) is 0 Å². The monoisotopic (exact) mass is 386 g/mol. The zero-order valence-electron chi connectivity index (χ0n) is 16.7. The Kier molecular flexibility index (Phi) is 5.27. The van der Waals surface area contributed by atoms with Crippen molar-refractivity contribution in [1.29, 1.82) is 0 Å². The van der Waals surface area contributed by atoms with Gasteiger partial charge in [-0.25, -0.2) is 8.42 Å². The first kappa shape index (κ1) is 20.1. The van der Waals surface area contributed by atoms with Crippen molar-refractivity contribution < 1.29 is 17.7 Å². The van der Waals surface area contributed by atoms with Gasteiger partial charge in [-0.2, -0.15) is 0 Å². The third-order valence-electron chi connectivity index (χ3n) is 5.38. The zero-order valence-corrected chi connectivity index (χ0v) is 17.5. The molecule has 4 nitrogen and oxygen atoms in total. The summed E-state index contributed by atoms with van der Waals surface area (Å²) in [6, 6.07) is 16.0. The fraction of sp³-hybridized carbons (Fsp3) is 0.429. The molecule has 0 atom stereocenters. The largest absolute Gasteiger partial charge is 0.495 e. The third kappa shape index (κ3) is 4.62. The van der Waals surface area contributed by atoms with Crippen molar-refractivity contribution >= 4 is 22.4 Å². The Hall–Kier alpha value is -1.63. The van der Waals surface area contributed by atoms with E-state index in [2.05, 4.69) is 12.1 Å². The lowest BCUT2D eigenvalue weighted by molar-refractivity contribution is 0.00578. The molecule has 6 heteroatoms. The first-order chi connectivity index (χ1) is 12.5. The van der Waals surface area contributed by atoms with Crippen LogP contribution >= 0.6 is 0 Å². The Bertz CT molecular complexity index is 904. The minimum atomic E-state index is -3.12. The van der Waals surface area contributed by atoms with Gasteiger partial charge in [0.1, 0.15) is 0 Å². The number of hydrogen-bond donors (Lipinski definition) is 0. The van der Waals surface area contributed by atoms with Gasteiger partial charge < -0.3 is 9.31 Å². The van der Waals surface area contributed by atoms with Crippen molar-refractivity contribution in [1.82, 2.24) is 0 Å². The minimum Gasteiger partial charge on any atom is -0.399 e. The van der Waals surface area contributed by atoms with Gasteiger partial charge in [0, 0.05) is 6.26 Å². The van der Waals surface area contributed by atoms with E-state index < -0.39 is 28.2 Å². The summed E-state index contributed by atoms with van der Waals surface area (Å²) in [6.45, 7) is 8.07. The highest BCUT2D eigenvalue weighted by Crippen LogP contribution is 2.36. The maximum Gasteiger partial charge on any atom is 0.495 e. The number of sulfone groups is 1. The van der Waals surface area contributed by atoms with Crippen molar-refractivity contribution in [2.24, 2.45) is 0 Å². The van der Waals surface area contributed by atoms with Crippen LogP contribution in [0.5, 0.6) is 0 Å². The normalized spacial score (nSPS) is 18.6. The van der Waals surface area contributed by atoms with E-state index in [1.54, 1.807) is 0 Å². The average molecular weight is 386 g/mol. The lowest BCUT2D eigenvalue weighted by atomic mass is 9.74. The molecule has 0 radical (unpaired) electrons. The molecular formula is C21H27BO4S. The van der Waals surface area contributed by atoms with Crippen LogP contribution in [-0.2, 0) is 31.3 Å². The Labute approximate surface area is 163 Å². The summed E-state index contributed by atoms with van der Waals surface area (Å²) in [7, 11) is -3.64. The van der Waals surface area contributed by atoms with Gasteiger partial charge in [-0.1, -0.05) is 48.5 Å². The molecule has 0 spiro atoms. The molecule has 144 valence electrons. The Morgan fingerprint density at radius 2 is 1.48 bits per heavy atom. The first-order valence-electron chi connectivity index (χ1n) is 9.16. The summed E-state index contributed by atoms with van der Waals surface area (Å²) < 4.78 is 36.0. The van der Waals surface area contributed by atoms with E-state index >= 15 is 0 Å². The second-order valence-electron chi connectivity index (χ2n) is 8.35. The molecule has 2 aromatic rings. The number of rotatable bonds is 5. The van der Waals surface area contributed by atoms with Crippen LogP contribution < -0.4 is 5.46 Å². The Morgan fingerprint density at radius 3 is 2.04 bits per heavy atom. The molecule has 27 heavy (non-hydrogen) atoms. The summed E-state index contributed by atoms with van der Waals surface area (Å²) in [4.78, 5) is 0. The third-order valence-corrected chi connectivity index (χ3v) is 6.24. The molecule has 0 N–H and O–H groups in total. The van der Waals surface area contributed by atoms with Crippen molar-refractivity contribution in [3.63, 3.8) is 0 Å². The second-order valence-corrected chi connectivity index (χ2v) is 10.5. The highest BCUT2D eigenvalue weighted by atomic mass is 32.2. The van der Waals surface area contributed by atoms with E-state index in [-0.39, 0.29) is 5.75 Å². The second kappa shape index (κ2) is 7.08. The fourth-order valence-corrected chi connectivity index (χ4v) is 3.99. The van der Waals surface area contributed by atoms with Crippen LogP contribution in [0.2, 0.25) is 0 Å². The molecule has 1 aliphatic rings. The molecule has 1 saturated heterocycles. The van der Waals surface area contributed by atoms with Crippen LogP contribution in [0.4, 0.5) is 0 Å². The van der Waals surface area contributed by atoms with E-state index in [4.69, 9.17) is 9.31 Å². The van der Waals surface area contributed by atoms with E-state index in [1.807, 2.05) is 64.1 Å². The summed E-state index contributed by atoms with van der Waals surface area (Å²) in [5, 5.41) is 0. The van der Waals surface area contributed by atoms with Crippen molar-refractivity contribution in [2.45, 2.75) is 51.1 Å². The predicted octanol–water partition coefficient (Wildman–Crippen LogP) is 3.12. The SMILES string of the molecule is CC1(C)OB(c2cc(CS(C)(=O)=O)ccc2Cc2ccccc2)OC1(C)C. The Balaban J connectivity index is 2.01. The predicted molar refractivity (Wildman–Crippen MR) is 110 cm³/mol. The minimum absolute atomic E-state index is 0.00508. The van der Waals surface area contributed by atoms with Gasteiger partial charge in [-0.05, 0) is 56.3 Å². The maximum absolute atomic E-state index is 11.8. The molecular weight excluding hydrogens is 359 g/mol. The summed E-state index contributed by atoms with van der Waals surface area (Å²) in [5.41, 5.74) is 3.02. The smallest absolute Gasteiger partial charge is 0.399 e. The van der Waals surface area contributed by atoms with Crippen LogP contribution in [0, 0.1) is 0 Å². The van der Waals surface area contributed by atoms with Crippen LogP contribution in [0.15, 0.2) is 48.5 Å². The van der Waals surface area contributed by atoms with Crippen LogP contribution in [-0.4, -0.2) is 33.0 Å². The van der Waals surface area contributed by atoms with E-state index in [1.165, 1.54) is 11.8 Å². The Morgan fingerprint density at radius 1 is 0.889 bits per heavy atom. The lowest BCUT2D eigenvalue weighted by Gasteiger charge is -2.32. The molecule has 0 saturated carbocycles. The molecule has 0 aliphatic carbocycles. The molecule has 1 aliphatic heterocycles. The molecule has 0 unspecified atom stereocenters. The number of benzene rings is 2. The molecule has 2 aromatic carbocycles. The van der Waals surface area contributed by atoms with Gasteiger partial charge >= 0.3 is 7.12 Å². The van der Waals surface area contributed by atoms with Crippen LogP contribution in [0.3, 0.4) is 0 Å². The summed E-state index contributed by atoms with van der Waals surface area (Å²) in [5.74, 6) is 0.00508. The maximum atomic E-state index is 11.8. The van der Waals surface area contributed by atoms with E-state index in [9.17, 15) is 8.42 Å². The van der Waals surface area contributed by atoms with Crippen molar-refractivity contribution in [3.05, 3.63) is 65.2 Å². The molecule has 0 amide bonds. The topological polar surface area (TPSA) is 52.6 Å². The molecule has 0 bridgehead atoms. The van der Waals surface area contributed by atoms with Gasteiger partial charge in [-0.15, -0.1) is 0 Å². The highest BCUT2D eigenvalue weighted by Gasteiger charge is 2.52. The van der Waals surface area contributed by atoms with Gasteiger partial charge in [0.15, 0.2) is 9.84 Å². The van der Waals surface area contributed by atoms with E-state index in [0.29, 0.717) is 0 Å². The standard InChI is InChI=1S/C21H27BO4S/c1-20(2)21(3,4)26-22(25-20)19-14-17(15-27(5,23)24)11-12-18(19)13-16-9-7-6-8-10-16/h6-12,14H,13,15H2,1-5H3. The molecule has 0 aromatic heterocycles. The van der Waals surface area contributed by atoms with Crippen LogP contribution in [0.25, 0.3) is 0 Å². The summed E-state index contributed by atoms with van der Waals surface area (Å²) in [6.07, 6.45) is 1.98. The highest BCUT2D eigenvalue weighted by molar-refractivity contribution is 7.89. The summed E-state index contributed by atoms with van der Waals surface area (Å²) >= 11 is 0. The first-order valence-corrected chi connectivity index (χ1v) is 11.2. The lowest BCUT2D eigenvalue weighted by Crippen LogP contribution is -2.41. The van der Waals surface area contributed by atoms with Gasteiger partial charge in [-0.3, -0.25) is 0 Å². The van der Waals surface area contributed by atoms with Gasteiger partial charge in [0.25, 0.3) is 0 Å². The zero-order chi connectivity index (χ0) is 19.9. The van der Waals surface area contributed by atoms with Crippen LogP contribution in [0.1, 0.15) is 44.4 Å². The van der Waals surface area contributed by atoms with E-state index in [0.717, 1.165) is 23.0 Å². The molecule has 1 heterocycles. The van der Waals surface area contributed by atoms with Gasteiger partial charge in [0.2, 0.25) is 0 Å². The quantitative estimate of drug-likeness (QED) is 0.741. The molecule has 1 fully saturated rings. The fourth-order valence-electron chi connectivity index (χ4n) is 3.20. The number of hydrogen-bond acceptors (Lipinski definition) is 4. The van der Waals surface area contributed by atoms with Crippen molar-refractivity contribution in [2.75, 3.05) is 6.26 Å². The molecule has 3 rings (SSSR count). The van der Waals surface area contributed by atoms with Gasteiger partial charge in [0.05, 0.1) is 17.0 Å². The average Bonchev–Trinajstić information content (AvgIpc) is 2.76.